The number of nitrogens with zero attached hydrogens (tertiary/aromatic N) is 1. The Kier molecular flexibility index (Phi) is 4.66. The van der Waals surface area contributed by atoms with Gasteiger partial charge < -0.3 is 14.7 Å². The summed E-state index contributed by atoms with van der Waals surface area (Å²) in [7, 11) is 0. The fourth-order valence-electron chi connectivity index (χ4n) is 3.64. The highest BCUT2D eigenvalue weighted by molar-refractivity contribution is 5.99. The van der Waals surface area contributed by atoms with Gasteiger partial charge in [0.1, 0.15) is 12.5 Å². The molecule has 0 saturated heterocycles. The number of carboxylic acids is 1. The maximum atomic E-state index is 12.5. The van der Waals surface area contributed by atoms with Crippen molar-refractivity contribution in [3.8, 4) is 0 Å². The second-order valence-corrected chi connectivity index (χ2v) is 6.57. The van der Waals surface area contributed by atoms with Gasteiger partial charge in [0.2, 0.25) is 0 Å². The Labute approximate surface area is 136 Å². The van der Waals surface area contributed by atoms with Gasteiger partial charge in [-0.2, -0.15) is 0 Å². The molecule has 5 nitrogen and oxygen atoms in total. The molecule has 0 bridgehead atoms. The third kappa shape index (κ3) is 3.24. The van der Waals surface area contributed by atoms with Crippen LogP contribution in [0.25, 0.3) is 0 Å². The number of benzene rings is 1. The number of para-hydroxylation sites is 1. The average molecular weight is 317 g/mol. The van der Waals surface area contributed by atoms with Crippen LogP contribution in [0.5, 0.6) is 0 Å². The van der Waals surface area contributed by atoms with Gasteiger partial charge in [0.15, 0.2) is 0 Å². The van der Waals surface area contributed by atoms with Gasteiger partial charge in [-0.3, -0.25) is 9.59 Å². The number of hydrogen-bond acceptors (Lipinski definition) is 3. The van der Waals surface area contributed by atoms with E-state index in [1.165, 1.54) is 6.42 Å². The largest absolute Gasteiger partial charge is 0.481 e. The van der Waals surface area contributed by atoms with Crippen molar-refractivity contribution >= 4 is 17.6 Å². The van der Waals surface area contributed by atoms with Crippen molar-refractivity contribution in [3.63, 3.8) is 0 Å². The Morgan fingerprint density at radius 2 is 2.00 bits per heavy atom. The molecule has 1 aromatic rings. The predicted octanol–water partition coefficient (Wildman–Crippen LogP) is 2.80. The zero-order chi connectivity index (χ0) is 16.4. The van der Waals surface area contributed by atoms with Gasteiger partial charge in [0.05, 0.1) is 6.10 Å². The van der Waals surface area contributed by atoms with E-state index in [2.05, 4.69) is 6.92 Å². The molecular weight excluding hydrogens is 294 g/mol. The third-order valence-corrected chi connectivity index (χ3v) is 5.02. The number of carboxylic acid groups (broad SMARTS) is 1. The van der Waals surface area contributed by atoms with Gasteiger partial charge in [-0.25, -0.2) is 0 Å². The summed E-state index contributed by atoms with van der Waals surface area (Å²) in [6.07, 6.45) is 4.67. The molecule has 2 aliphatic rings. The number of carbonyl (C=O) groups is 2. The Morgan fingerprint density at radius 3 is 2.74 bits per heavy atom. The predicted molar refractivity (Wildman–Crippen MR) is 86.5 cm³/mol. The number of fused-ring (bicyclic) bond motifs is 1. The molecule has 124 valence electrons. The number of ether oxygens (including phenoxy) is 1. The quantitative estimate of drug-likeness (QED) is 0.927. The van der Waals surface area contributed by atoms with Crippen LogP contribution in [0.4, 0.5) is 5.69 Å². The molecule has 1 aromatic carbocycles. The van der Waals surface area contributed by atoms with E-state index in [9.17, 15) is 14.7 Å². The smallest absolute Gasteiger partial charge is 0.312 e. The first-order valence-corrected chi connectivity index (χ1v) is 8.31. The molecule has 1 amide bonds. The second kappa shape index (κ2) is 6.71. The number of rotatable bonds is 4. The van der Waals surface area contributed by atoms with E-state index in [0.717, 1.165) is 19.3 Å². The Hall–Kier alpha value is -1.88. The SMILES string of the molecule is CC1CCCCC1OCC(=O)N1CC(C(=O)O)c2ccccc21. The van der Waals surface area contributed by atoms with Crippen molar-refractivity contribution in [1.82, 2.24) is 0 Å². The number of aliphatic carboxylic acids is 1. The first-order valence-electron chi connectivity index (χ1n) is 8.31. The van der Waals surface area contributed by atoms with E-state index in [4.69, 9.17) is 4.74 Å². The molecule has 0 radical (unpaired) electrons. The molecule has 1 heterocycles. The van der Waals surface area contributed by atoms with Gasteiger partial charge in [-0.05, 0) is 30.4 Å². The number of anilines is 1. The fourth-order valence-corrected chi connectivity index (χ4v) is 3.64. The Balaban J connectivity index is 1.67. The molecule has 1 fully saturated rings. The maximum absolute atomic E-state index is 12.5. The van der Waals surface area contributed by atoms with Crippen LogP contribution in [0.3, 0.4) is 0 Å². The van der Waals surface area contributed by atoms with Crippen molar-refractivity contribution in [3.05, 3.63) is 29.8 Å². The molecule has 5 heteroatoms. The van der Waals surface area contributed by atoms with Gasteiger partial charge >= 0.3 is 5.97 Å². The zero-order valence-electron chi connectivity index (χ0n) is 13.4. The Bertz CT molecular complexity index is 600. The molecule has 1 aliphatic heterocycles. The van der Waals surface area contributed by atoms with Crippen molar-refractivity contribution < 1.29 is 19.4 Å². The summed E-state index contributed by atoms with van der Waals surface area (Å²) in [6.45, 7) is 2.38. The van der Waals surface area contributed by atoms with Crippen LogP contribution in [-0.4, -0.2) is 36.2 Å². The first-order chi connectivity index (χ1) is 11.1. The summed E-state index contributed by atoms with van der Waals surface area (Å²) < 4.78 is 5.84. The van der Waals surface area contributed by atoms with Crippen LogP contribution in [-0.2, 0) is 14.3 Å². The summed E-state index contributed by atoms with van der Waals surface area (Å²) in [5.74, 6) is -1.22. The molecule has 1 N–H and O–H groups in total. The minimum atomic E-state index is -0.894. The molecule has 3 rings (SSSR count). The lowest BCUT2D eigenvalue weighted by atomic mass is 9.88. The van der Waals surface area contributed by atoms with Crippen LogP contribution in [0.2, 0.25) is 0 Å². The van der Waals surface area contributed by atoms with Crippen LogP contribution >= 0.6 is 0 Å². The molecule has 3 unspecified atom stereocenters. The van der Waals surface area contributed by atoms with Crippen LogP contribution in [0.15, 0.2) is 24.3 Å². The van der Waals surface area contributed by atoms with Crippen LogP contribution in [0.1, 0.15) is 44.1 Å². The van der Waals surface area contributed by atoms with E-state index >= 15 is 0 Å². The first kappa shape index (κ1) is 16.0. The highest BCUT2D eigenvalue weighted by Crippen LogP contribution is 2.36. The molecule has 23 heavy (non-hydrogen) atoms. The monoisotopic (exact) mass is 317 g/mol. The van der Waals surface area contributed by atoms with Crippen LogP contribution in [0, 0.1) is 5.92 Å². The molecule has 3 atom stereocenters. The molecule has 1 aliphatic carbocycles. The highest BCUT2D eigenvalue weighted by Gasteiger charge is 2.36. The van der Waals surface area contributed by atoms with Crippen molar-refractivity contribution in [1.29, 1.82) is 0 Å². The van der Waals surface area contributed by atoms with E-state index in [1.807, 2.05) is 12.1 Å². The number of carbonyl (C=O) groups excluding carboxylic acids is 1. The number of amides is 1. The van der Waals surface area contributed by atoms with E-state index in [1.54, 1.807) is 17.0 Å². The minimum Gasteiger partial charge on any atom is -0.481 e. The summed E-state index contributed by atoms with van der Waals surface area (Å²) in [5.41, 5.74) is 1.41. The Morgan fingerprint density at radius 1 is 1.26 bits per heavy atom. The topological polar surface area (TPSA) is 66.8 Å². The molecule has 1 saturated carbocycles. The minimum absolute atomic E-state index is 0.0235. The standard InChI is InChI=1S/C18H23NO4/c1-12-6-2-5-9-16(12)23-11-17(20)19-10-14(18(21)22)13-7-3-4-8-15(13)19/h3-4,7-8,12,14,16H,2,5-6,9-11H2,1H3,(H,21,22). The van der Waals surface area contributed by atoms with Gasteiger partial charge in [0, 0.05) is 12.2 Å². The average Bonchev–Trinajstić information content (AvgIpc) is 2.94. The van der Waals surface area contributed by atoms with Crippen LogP contribution < -0.4 is 4.90 Å². The summed E-state index contributed by atoms with van der Waals surface area (Å²) in [4.78, 5) is 25.5. The lowest BCUT2D eigenvalue weighted by Gasteiger charge is -2.29. The maximum Gasteiger partial charge on any atom is 0.312 e. The molecule has 0 spiro atoms. The van der Waals surface area contributed by atoms with E-state index in [0.29, 0.717) is 17.2 Å². The van der Waals surface area contributed by atoms with Crippen molar-refractivity contribution in [2.24, 2.45) is 5.92 Å². The number of hydrogen-bond donors (Lipinski definition) is 1. The fraction of sp³-hybridized carbons (Fsp3) is 0.556. The van der Waals surface area contributed by atoms with Gasteiger partial charge in [0.25, 0.3) is 5.91 Å². The van der Waals surface area contributed by atoms with E-state index < -0.39 is 11.9 Å². The van der Waals surface area contributed by atoms with Crippen molar-refractivity contribution in [2.75, 3.05) is 18.1 Å². The normalized spacial score (nSPS) is 26.8. The van der Waals surface area contributed by atoms with Gasteiger partial charge in [-0.15, -0.1) is 0 Å². The highest BCUT2D eigenvalue weighted by atomic mass is 16.5. The molecule has 0 aromatic heterocycles. The lowest BCUT2D eigenvalue weighted by Crippen LogP contribution is -2.36. The van der Waals surface area contributed by atoms with E-state index in [-0.39, 0.29) is 25.2 Å². The third-order valence-electron chi connectivity index (χ3n) is 5.02. The van der Waals surface area contributed by atoms with Crippen molar-refractivity contribution in [2.45, 2.75) is 44.6 Å². The lowest BCUT2D eigenvalue weighted by molar-refractivity contribution is -0.138. The molecular formula is C18H23NO4. The van der Waals surface area contributed by atoms with Gasteiger partial charge in [-0.1, -0.05) is 38.0 Å². The summed E-state index contributed by atoms with van der Waals surface area (Å²) in [6, 6.07) is 7.22. The zero-order valence-corrected chi connectivity index (χ0v) is 13.4. The second-order valence-electron chi connectivity index (χ2n) is 6.57. The summed E-state index contributed by atoms with van der Waals surface area (Å²) in [5, 5.41) is 9.36. The summed E-state index contributed by atoms with van der Waals surface area (Å²) >= 11 is 0.